The van der Waals surface area contributed by atoms with Crippen LogP contribution in [0.3, 0.4) is 0 Å². The summed E-state index contributed by atoms with van der Waals surface area (Å²) in [5.41, 5.74) is 6.95. The Bertz CT molecular complexity index is 661. The number of hydrogen-bond acceptors (Lipinski definition) is 4. The maximum atomic E-state index is 13.6. The van der Waals surface area contributed by atoms with Gasteiger partial charge in [0.15, 0.2) is 0 Å². The first kappa shape index (κ1) is 12.9. The summed E-state index contributed by atoms with van der Waals surface area (Å²) < 4.78 is 13.6. The number of piperidine rings is 1. The standard InChI is InChI=1S/C14H15FN4O/c15-9-6-11(13-12(7-9)17-3-4-18-13)14(20)19-5-1-2-10(16)8-19/h3-4,6-7,10H,1-2,5,8,16H2. The smallest absolute Gasteiger partial charge is 0.256 e. The molecule has 1 fully saturated rings. The zero-order valence-electron chi connectivity index (χ0n) is 10.9. The van der Waals surface area contributed by atoms with Crippen molar-refractivity contribution < 1.29 is 9.18 Å². The monoisotopic (exact) mass is 274 g/mol. The fourth-order valence-electron chi connectivity index (χ4n) is 2.57. The number of amides is 1. The zero-order chi connectivity index (χ0) is 14.1. The molecule has 0 radical (unpaired) electrons. The summed E-state index contributed by atoms with van der Waals surface area (Å²) in [6.07, 6.45) is 4.76. The Balaban J connectivity index is 2.02. The molecule has 2 aromatic rings. The molecule has 0 aliphatic carbocycles. The average Bonchev–Trinajstić information content (AvgIpc) is 2.45. The first-order chi connectivity index (χ1) is 9.65. The van der Waals surface area contributed by atoms with E-state index in [-0.39, 0.29) is 17.5 Å². The van der Waals surface area contributed by atoms with E-state index in [4.69, 9.17) is 5.73 Å². The lowest BCUT2D eigenvalue weighted by molar-refractivity contribution is 0.0710. The number of aromatic nitrogens is 2. The fraction of sp³-hybridized carbons (Fsp3) is 0.357. The van der Waals surface area contributed by atoms with Crippen LogP contribution in [0.4, 0.5) is 4.39 Å². The second-order valence-corrected chi connectivity index (χ2v) is 5.03. The number of nitrogens with zero attached hydrogens (tertiary/aromatic N) is 3. The molecule has 2 N–H and O–H groups in total. The van der Waals surface area contributed by atoms with Crippen molar-refractivity contribution in [1.82, 2.24) is 14.9 Å². The largest absolute Gasteiger partial charge is 0.337 e. The summed E-state index contributed by atoms with van der Waals surface area (Å²) in [6, 6.07) is 2.49. The van der Waals surface area contributed by atoms with E-state index in [1.807, 2.05) is 0 Å². The van der Waals surface area contributed by atoms with Crippen molar-refractivity contribution in [3.05, 3.63) is 35.9 Å². The minimum Gasteiger partial charge on any atom is -0.337 e. The van der Waals surface area contributed by atoms with Crippen LogP contribution in [0.2, 0.25) is 0 Å². The van der Waals surface area contributed by atoms with Gasteiger partial charge in [0.2, 0.25) is 0 Å². The van der Waals surface area contributed by atoms with Crippen molar-refractivity contribution in [2.45, 2.75) is 18.9 Å². The predicted octanol–water partition coefficient (Wildman–Crippen LogP) is 1.33. The topological polar surface area (TPSA) is 72.1 Å². The zero-order valence-corrected chi connectivity index (χ0v) is 10.9. The highest BCUT2D eigenvalue weighted by Crippen LogP contribution is 2.20. The molecule has 1 atom stereocenters. The minimum atomic E-state index is -0.484. The second kappa shape index (κ2) is 5.13. The molecule has 20 heavy (non-hydrogen) atoms. The molecule has 1 aliphatic rings. The van der Waals surface area contributed by atoms with Crippen LogP contribution in [-0.2, 0) is 0 Å². The Kier molecular flexibility index (Phi) is 3.31. The maximum Gasteiger partial charge on any atom is 0.256 e. The van der Waals surface area contributed by atoms with E-state index in [0.717, 1.165) is 12.8 Å². The number of rotatable bonds is 1. The van der Waals surface area contributed by atoms with Crippen molar-refractivity contribution in [3.63, 3.8) is 0 Å². The normalized spacial score (nSPS) is 19.3. The van der Waals surface area contributed by atoms with Crippen LogP contribution in [0.1, 0.15) is 23.2 Å². The minimum absolute atomic E-state index is 0.0152. The van der Waals surface area contributed by atoms with Gasteiger partial charge in [-0.3, -0.25) is 14.8 Å². The van der Waals surface area contributed by atoms with Gasteiger partial charge in [-0.1, -0.05) is 0 Å². The van der Waals surface area contributed by atoms with E-state index in [1.54, 1.807) is 4.90 Å². The van der Waals surface area contributed by atoms with Crippen LogP contribution in [0.15, 0.2) is 24.5 Å². The van der Waals surface area contributed by atoms with E-state index >= 15 is 0 Å². The van der Waals surface area contributed by atoms with E-state index in [9.17, 15) is 9.18 Å². The van der Waals surface area contributed by atoms with Crippen molar-refractivity contribution >= 4 is 16.9 Å². The molecule has 1 amide bonds. The number of halogens is 1. The summed E-state index contributed by atoms with van der Waals surface area (Å²) in [4.78, 5) is 22.4. The van der Waals surface area contributed by atoms with Gasteiger partial charge in [0, 0.05) is 37.6 Å². The molecule has 1 saturated heterocycles. The number of carbonyl (C=O) groups is 1. The lowest BCUT2D eigenvalue weighted by Gasteiger charge is -2.30. The Morgan fingerprint density at radius 1 is 1.35 bits per heavy atom. The van der Waals surface area contributed by atoms with E-state index in [1.165, 1.54) is 24.5 Å². The summed E-state index contributed by atoms with van der Waals surface area (Å²) in [5.74, 6) is -0.715. The van der Waals surface area contributed by atoms with Crippen molar-refractivity contribution in [2.24, 2.45) is 5.73 Å². The van der Waals surface area contributed by atoms with E-state index in [0.29, 0.717) is 24.1 Å². The molecule has 1 unspecified atom stereocenters. The quantitative estimate of drug-likeness (QED) is 0.851. The molecule has 0 bridgehead atoms. The second-order valence-electron chi connectivity index (χ2n) is 5.03. The highest BCUT2D eigenvalue weighted by Gasteiger charge is 2.24. The van der Waals surface area contributed by atoms with Gasteiger partial charge in [0.25, 0.3) is 5.91 Å². The molecular formula is C14H15FN4O. The number of nitrogens with two attached hydrogens (primary N) is 1. The van der Waals surface area contributed by atoms with Gasteiger partial charge < -0.3 is 10.6 Å². The van der Waals surface area contributed by atoms with E-state index < -0.39 is 5.82 Å². The lowest BCUT2D eigenvalue weighted by Crippen LogP contribution is -2.45. The third-order valence-electron chi connectivity index (χ3n) is 3.51. The number of hydrogen-bond donors (Lipinski definition) is 1. The molecule has 1 aromatic heterocycles. The van der Waals surface area contributed by atoms with Gasteiger partial charge >= 0.3 is 0 Å². The Labute approximate surface area is 115 Å². The highest BCUT2D eigenvalue weighted by atomic mass is 19.1. The van der Waals surface area contributed by atoms with Crippen molar-refractivity contribution in [3.8, 4) is 0 Å². The molecule has 2 heterocycles. The third-order valence-corrected chi connectivity index (χ3v) is 3.51. The lowest BCUT2D eigenvalue weighted by atomic mass is 10.0. The first-order valence-corrected chi connectivity index (χ1v) is 6.60. The van der Waals surface area contributed by atoms with E-state index in [2.05, 4.69) is 9.97 Å². The molecule has 6 heteroatoms. The van der Waals surface area contributed by atoms with Crippen LogP contribution in [-0.4, -0.2) is 39.9 Å². The third kappa shape index (κ3) is 2.34. The Morgan fingerprint density at radius 2 is 2.15 bits per heavy atom. The Morgan fingerprint density at radius 3 is 2.95 bits per heavy atom. The van der Waals surface area contributed by atoms with Gasteiger partial charge in [0.05, 0.1) is 11.1 Å². The summed E-state index contributed by atoms with van der Waals surface area (Å²) in [5, 5.41) is 0. The van der Waals surface area contributed by atoms with Crippen LogP contribution in [0.25, 0.3) is 11.0 Å². The van der Waals surface area contributed by atoms with Crippen LogP contribution >= 0.6 is 0 Å². The van der Waals surface area contributed by atoms with Crippen LogP contribution in [0, 0.1) is 5.82 Å². The van der Waals surface area contributed by atoms with Crippen LogP contribution < -0.4 is 5.73 Å². The predicted molar refractivity (Wildman–Crippen MR) is 72.6 cm³/mol. The SMILES string of the molecule is NC1CCCN(C(=O)c2cc(F)cc3nccnc23)C1. The average molecular weight is 274 g/mol. The molecule has 0 spiro atoms. The number of benzene rings is 1. The first-order valence-electron chi connectivity index (χ1n) is 6.60. The molecular weight excluding hydrogens is 259 g/mol. The van der Waals surface area contributed by atoms with Gasteiger partial charge in [-0.05, 0) is 18.9 Å². The number of likely N-dealkylation sites (tertiary alicyclic amines) is 1. The molecule has 104 valence electrons. The number of carbonyl (C=O) groups excluding carboxylic acids is 1. The summed E-state index contributed by atoms with van der Waals surface area (Å²) >= 11 is 0. The van der Waals surface area contributed by atoms with Gasteiger partial charge in [-0.25, -0.2) is 4.39 Å². The fourth-order valence-corrected chi connectivity index (χ4v) is 2.57. The molecule has 1 aromatic carbocycles. The molecule has 5 nitrogen and oxygen atoms in total. The highest BCUT2D eigenvalue weighted by molar-refractivity contribution is 6.04. The molecule has 3 rings (SSSR count). The summed E-state index contributed by atoms with van der Waals surface area (Å²) in [7, 11) is 0. The maximum absolute atomic E-state index is 13.6. The molecule has 0 saturated carbocycles. The number of fused-ring (bicyclic) bond motifs is 1. The van der Waals surface area contributed by atoms with Gasteiger partial charge in [-0.2, -0.15) is 0 Å². The van der Waals surface area contributed by atoms with Crippen LogP contribution in [0.5, 0.6) is 0 Å². The Hall–Kier alpha value is -2.08. The summed E-state index contributed by atoms with van der Waals surface area (Å²) in [6.45, 7) is 1.14. The van der Waals surface area contributed by atoms with Crippen molar-refractivity contribution in [2.75, 3.05) is 13.1 Å². The van der Waals surface area contributed by atoms with Crippen molar-refractivity contribution in [1.29, 1.82) is 0 Å². The van der Waals surface area contributed by atoms with Gasteiger partial charge in [-0.15, -0.1) is 0 Å². The van der Waals surface area contributed by atoms with Gasteiger partial charge in [0.1, 0.15) is 11.3 Å². The molecule has 1 aliphatic heterocycles.